The standard InChI is InChI=1S/C17H24N4/c1-4-10-19-16-11-18-12-17(20-16)21(14(2)3)13-15-8-6-5-7-9-15/h5-9,11-12,14H,4,10,13H2,1-3H3,(H,19,20). The van der Waals surface area contributed by atoms with Gasteiger partial charge in [-0.1, -0.05) is 37.3 Å². The van der Waals surface area contributed by atoms with Crippen LogP contribution in [0, 0.1) is 0 Å². The molecule has 4 heteroatoms. The molecule has 0 saturated heterocycles. The zero-order valence-electron chi connectivity index (χ0n) is 13.1. The van der Waals surface area contributed by atoms with Crippen LogP contribution in [-0.4, -0.2) is 22.6 Å². The fourth-order valence-corrected chi connectivity index (χ4v) is 2.14. The zero-order valence-corrected chi connectivity index (χ0v) is 13.1. The Morgan fingerprint density at radius 3 is 2.57 bits per heavy atom. The normalized spacial score (nSPS) is 10.7. The molecule has 0 amide bonds. The number of hydrogen-bond donors (Lipinski definition) is 1. The molecular formula is C17H24N4. The Morgan fingerprint density at radius 1 is 1.14 bits per heavy atom. The summed E-state index contributed by atoms with van der Waals surface area (Å²) in [7, 11) is 0. The average molecular weight is 284 g/mol. The summed E-state index contributed by atoms with van der Waals surface area (Å²) in [4.78, 5) is 11.3. The van der Waals surface area contributed by atoms with E-state index in [0.29, 0.717) is 6.04 Å². The second-order valence-corrected chi connectivity index (χ2v) is 5.40. The summed E-state index contributed by atoms with van der Waals surface area (Å²) >= 11 is 0. The number of rotatable bonds is 7. The fourth-order valence-electron chi connectivity index (χ4n) is 2.14. The van der Waals surface area contributed by atoms with Crippen molar-refractivity contribution in [2.75, 3.05) is 16.8 Å². The van der Waals surface area contributed by atoms with E-state index >= 15 is 0 Å². The summed E-state index contributed by atoms with van der Waals surface area (Å²) in [5.41, 5.74) is 1.28. The minimum atomic E-state index is 0.362. The van der Waals surface area contributed by atoms with Gasteiger partial charge in [-0.05, 0) is 25.8 Å². The highest BCUT2D eigenvalue weighted by atomic mass is 15.2. The molecule has 1 N–H and O–H groups in total. The van der Waals surface area contributed by atoms with Crippen molar-refractivity contribution in [3.63, 3.8) is 0 Å². The molecule has 0 aliphatic rings. The molecule has 0 radical (unpaired) electrons. The van der Waals surface area contributed by atoms with Crippen LogP contribution >= 0.6 is 0 Å². The highest BCUT2D eigenvalue weighted by molar-refractivity contribution is 5.45. The first kappa shape index (κ1) is 15.3. The Labute approximate surface area is 127 Å². The third-order valence-corrected chi connectivity index (χ3v) is 3.29. The number of hydrogen-bond acceptors (Lipinski definition) is 4. The largest absolute Gasteiger partial charge is 0.369 e. The summed E-state index contributed by atoms with van der Waals surface area (Å²) in [5, 5.41) is 3.29. The lowest BCUT2D eigenvalue weighted by Crippen LogP contribution is -2.31. The maximum atomic E-state index is 4.68. The van der Waals surface area contributed by atoms with Crippen molar-refractivity contribution in [3.05, 3.63) is 48.3 Å². The van der Waals surface area contributed by atoms with Crippen LogP contribution in [0.2, 0.25) is 0 Å². The van der Waals surface area contributed by atoms with E-state index in [1.165, 1.54) is 5.56 Å². The molecule has 0 atom stereocenters. The monoisotopic (exact) mass is 284 g/mol. The summed E-state index contributed by atoms with van der Waals surface area (Å²) < 4.78 is 0. The number of benzene rings is 1. The van der Waals surface area contributed by atoms with Crippen molar-refractivity contribution in [2.24, 2.45) is 0 Å². The van der Waals surface area contributed by atoms with Crippen LogP contribution in [0.4, 0.5) is 11.6 Å². The maximum absolute atomic E-state index is 4.68. The van der Waals surface area contributed by atoms with Gasteiger partial charge in [0, 0.05) is 19.1 Å². The lowest BCUT2D eigenvalue weighted by molar-refractivity contribution is 0.671. The molecule has 4 nitrogen and oxygen atoms in total. The van der Waals surface area contributed by atoms with Crippen LogP contribution in [0.5, 0.6) is 0 Å². The average Bonchev–Trinajstić information content (AvgIpc) is 2.51. The van der Waals surface area contributed by atoms with Gasteiger partial charge < -0.3 is 10.2 Å². The van der Waals surface area contributed by atoms with Gasteiger partial charge >= 0.3 is 0 Å². The highest BCUT2D eigenvalue weighted by Gasteiger charge is 2.13. The van der Waals surface area contributed by atoms with Gasteiger partial charge in [-0.15, -0.1) is 0 Å². The molecule has 0 saturated carbocycles. The molecule has 112 valence electrons. The Balaban J connectivity index is 2.18. The second-order valence-electron chi connectivity index (χ2n) is 5.40. The number of nitrogens with one attached hydrogen (secondary N) is 1. The molecule has 1 heterocycles. The smallest absolute Gasteiger partial charge is 0.150 e. The third kappa shape index (κ3) is 4.45. The van der Waals surface area contributed by atoms with Crippen molar-refractivity contribution in [2.45, 2.75) is 39.8 Å². The first-order chi connectivity index (χ1) is 10.2. The van der Waals surface area contributed by atoms with E-state index < -0.39 is 0 Å². The van der Waals surface area contributed by atoms with Crippen molar-refractivity contribution in [3.8, 4) is 0 Å². The first-order valence-corrected chi connectivity index (χ1v) is 7.57. The van der Waals surface area contributed by atoms with E-state index in [0.717, 1.165) is 31.1 Å². The number of aromatic nitrogens is 2. The van der Waals surface area contributed by atoms with Gasteiger partial charge in [-0.25, -0.2) is 4.98 Å². The first-order valence-electron chi connectivity index (χ1n) is 7.57. The molecule has 0 spiro atoms. The van der Waals surface area contributed by atoms with Gasteiger partial charge in [0.05, 0.1) is 12.4 Å². The van der Waals surface area contributed by atoms with Crippen molar-refractivity contribution >= 4 is 11.6 Å². The lowest BCUT2D eigenvalue weighted by atomic mass is 10.2. The second kappa shape index (κ2) is 7.62. The van der Waals surface area contributed by atoms with Crippen LogP contribution in [0.3, 0.4) is 0 Å². The predicted octanol–water partition coefficient (Wildman–Crippen LogP) is 3.71. The summed E-state index contributed by atoms with van der Waals surface area (Å²) in [5.74, 6) is 1.75. The predicted molar refractivity (Wildman–Crippen MR) is 88.6 cm³/mol. The summed E-state index contributed by atoms with van der Waals surface area (Å²) in [6.07, 6.45) is 4.68. The molecule has 21 heavy (non-hydrogen) atoms. The van der Waals surface area contributed by atoms with Gasteiger partial charge in [-0.3, -0.25) is 4.98 Å². The van der Waals surface area contributed by atoms with E-state index in [2.05, 4.69) is 65.2 Å². The van der Waals surface area contributed by atoms with E-state index in [-0.39, 0.29) is 0 Å². The zero-order chi connectivity index (χ0) is 15.1. The maximum Gasteiger partial charge on any atom is 0.150 e. The Hall–Kier alpha value is -2.10. The van der Waals surface area contributed by atoms with Crippen molar-refractivity contribution < 1.29 is 0 Å². The molecule has 0 unspecified atom stereocenters. The summed E-state index contributed by atoms with van der Waals surface area (Å²) in [6, 6.07) is 10.8. The minimum absolute atomic E-state index is 0.362. The Bertz CT molecular complexity index is 539. The van der Waals surface area contributed by atoms with Gasteiger partial charge in [0.25, 0.3) is 0 Å². The number of nitrogens with zero attached hydrogens (tertiary/aromatic N) is 3. The lowest BCUT2D eigenvalue weighted by Gasteiger charge is -2.28. The van der Waals surface area contributed by atoms with Crippen molar-refractivity contribution in [1.82, 2.24) is 9.97 Å². The molecule has 0 aliphatic carbocycles. The molecule has 1 aromatic carbocycles. The summed E-state index contributed by atoms with van der Waals surface area (Å²) in [6.45, 7) is 8.25. The minimum Gasteiger partial charge on any atom is -0.369 e. The third-order valence-electron chi connectivity index (χ3n) is 3.29. The SMILES string of the molecule is CCCNc1cncc(N(Cc2ccccc2)C(C)C)n1. The van der Waals surface area contributed by atoms with Gasteiger partial charge in [0.15, 0.2) is 0 Å². The molecule has 0 fully saturated rings. The highest BCUT2D eigenvalue weighted by Crippen LogP contribution is 2.18. The van der Waals surface area contributed by atoms with E-state index in [1.807, 2.05) is 12.3 Å². The van der Waals surface area contributed by atoms with E-state index in [4.69, 9.17) is 0 Å². The molecule has 0 aliphatic heterocycles. The van der Waals surface area contributed by atoms with Crippen LogP contribution in [0.25, 0.3) is 0 Å². The van der Waals surface area contributed by atoms with Gasteiger partial charge in [-0.2, -0.15) is 0 Å². The van der Waals surface area contributed by atoms with Crippen LogP contribution in [0.15, 0.2) is 42.7 Å². The van der Waals surface area contributed by atoms with Gasteiger partial charge in [0.1, 0.15) is 11.6 Å². The van der Waals surface area contributed by atoms with Gasteiger partial charge in [0.2, 0.25) is 0 Å². The quantitative estimate of drug-likeness (QED) is 0.841. The molecular weight excluding hydrogens is 260 g/mol. The Morgan fingerprint density at radius 2 is 1.90 bits per heavy atom. The molecule has 1 aromatic heterocycles. The van der Waals surface area contributed by atoms with E-state index in [1.54, 1.807) is 6.20 Å². The molecule has 0 bridgehead atoms. The van der Waals surface area contributed by atoms with Crippen LogP contribution < -0.4 is 10.2 Å². The molecule has 2 aromatic rings. The topological polar surface area (TPSA) is 41.1 Å². The fraction of sp³-hybridized carbons (Fsp3) is 0.412. The molecule has 2 rings (SSSR count). The van der Waals surface area contributed by atoms with Crippen LogP contribution in [0.1, 0.15) is 32.8 Å². The van der Waals surface area contributed by atoms with Crippen molar-refractivity contribution in [1.29, 1.82) is 0 Å². The van der Waals surface area contributed by atoms with E-state index in [9.17, 15) is 0 Å². The van der Waals surface area contributed by atoms with Crippen LogP contribution in [-0.2, 0) is 6.54 Å². The Kier molecular flexibility index (Phi) is 5.55. The number of anilines is 2.